The van der Waals surface area contributed by atoms with Crippen molar-refractivity contribution in [2.24, 2.45) is 0 Å². The Bertz CT molecular complexity index is 784. The number of amides is 1. The Morgan fingerprint density at radius 1 is 1.00 bits per heavy atom. The predicted molar refractivity (Wildman–Crippen MR) is 88.0 cm³/mol. The summed E-state index contributed by atoms with van der Waals surface area (Å²) in [5.74, 6) is -0.853. The fourth-order valence-corrected chi connectivity index (χ4v) is 3.62. The third kappa shape index (κ3) is 7.33. The first-order chi connectivity index (χ1) is 13.3. The highest BCUT2D eigenvalue weighted by Crippen LogP contribution is 2.22. The van der Waals surface area contributed by atoms with E-state index in [0.29, 0.717) is 0 Å². The lowest BCUT2D eigenvalue weighted by Crippen LogP contribution is -2.63. The van der Waals surface area contributed by atoms with Crippen LogP contribution in [0.3, 0.4) is 0 Å². The van der Waals surface area contributed by atoms with Gasteiger partial charge in [0.2, 0.25) is 5.91 Å². The first kappa shape index (κ1) is 24.3. The molecule has 2 fully saturated rings. The summed E-state index contributed by atoms with van der Waals surface area (Å²) in [5, 5.41) is 31.5. The number of aliphatic hydroxyl groups excluding tert-OH is 3. The van der Waals surface area contributed by atoms with Crippen molar-refractivity contribution in [1.82, 2.24) is 5.32 Å². The summed E-state index contributed by atoms with van der Waals surface area (Å²) in [6, 6.07) is -1.35. The van der Waals surface area contributed by atoms with E-state index < -0.39 is 82.6 Å². The molecule has 170 valence electrons. The molecule has 0 spiro atoms. The molecule has 0 bridgehead atoms. The maximum absolute atomic E-state index is 12.3. The van der Waals surface area contributed by atoms with Crippen molar-refractivity contribution in [3.05, 3.63) is 0 Å². The monoisotopic (exact) mass is 467 g/mol. The Balaban J connectivity index is 2.08. The number of aliphatic hydroxyl groups is 3. The first-order valence-corrected chi connectivity index (χ1v) is 10.8. The van der Waals surface area contributed by atoms with E-state index in [0.717, 1.165) is 0 Å². The van der Waals surface area contributed by atoms with E-state index >= 15 is 0 Å². The van der Waals surface area contributed by atoms with E-state index in [9.17, 15) is 36.9 Å². The van der Waals surface area contributed by atoms with E-state index in [1.54, 1.807) is 0 Å². The average Bonchev–Trinajstić information content (AvgIpc) is 2.58. The summed E-state index contributed by atoms with van der Waals surface area (Å²) in [7, 11) is -10.00. The molecule has 0 aromatic rings. The molecule has 7 atom stereocenters. The van der Waals surface area contributed by atoms with E-state index in [1.165, 1.54) is 0 Å². The second-order valence-corrected chi connectivity index (χ2v) is 8.51. The quantitative estimate of drug-likeness (QED) is 0.195. The van der Waals surface area contributed by atoms with Crippen molar-refractivity contribution in [2.45, 2.75) is 49.1 Å². The van der Waals surface area contributed by atoms with Gasteiger partial charge in [-0.3, -0.25) is 13.9 Å². The van der Waals surface area contributed by atoms with Gasteiger partial charge in [-0.15, -0.1) is 0 Å². The minimum Gasteiger partial charge on any atom is -0.390 e. The van der Waals surface area contributed by atoms with Crippen molar-refractivity contribution >= 4 is 26.7 Å². The van der Waals surface area contributed by atoms with E-state index in [-0.39, 0.29) is 13.0 Å². The van der Waals surface area contributed by atoms with Gasteiger partial charge < -0.3 is 30.1 Å². The van der Waals surface area contributed by atoms with Crippen molar-refractivity contribution in [1.29, 1.82) is 0 Å². The molecule has 0 aromatic carbocycles. The van der Waals surface area contributed by atoms with Crippen molar-refractivity contribution in [3.63, 3.8) is 0 Å². The predicted octanol–water partition coefficient (Wildman–Crippen LogP) is -4.25. The number of carbonyl (C=O) groups excluding carboxylic acids is 1. The normalized spacial score (nSPS) is 36.5. The van der Waals surface area contributed by atoms with Gasteiger partial charge >= 0.3 is 20.8 Å². The molecule has 0 aromatic heterocycles. The van der Waals surface area contributed by atoms with E-state index in [2.05, 4.69) is 13.7 Å². The van der Waals surface area contributed by atoms with Gasteiger partial charge in [0, 0.05) is 6.42 Å². The Kier molecular flexibility index (Phi) is 7.90. The highest BCUT2D eigenvalue weighted by Gasteiger charge is 2.45. The highest BCUT2D eigenvalue weighted by atomic mass is 32.3. The summed E-state index contributed by atoms with van der Waals surface area (Å²) >= 11 is 0. The molecule has 0 radical (unpaired) electrons. The molecule has 2 aliphatic rings. The van der Waals surface area contributed by atoms with Crippen LogP contribution in [-0.4, -0.2) is 110 Å². The molecule has 4 unspecified atom stereocenters. The molecular weight excluding hydrogens is 446 g/mol. The summed E-state index contributed by atoms with van der Waals surface area (Å²) < 4.78 is 79.6. The molecule has 17 heteroatoms. The van der Waals surface area contributed by atoms with Crippen molar-refractivity contribution < 1.29 is 63.9 Å². The highest BCUT2D eigenvalue weighted by molar-refractivity contribution is 7.81. The third-order valence-corrected chi connectivity index (χ3v) is 5.11. The van der Waals surface area contributed by atoms with Crippen LogP contribution in [0, 0.1) is 0 Å². The standard InChI is InChI=1S/C12H21NO14S2/c14-6-1-8(25-3-7(6)15)12(17)13-5-2-24-9(4-26-28(18,19)20)10(16)11(5)27-29(21,22)23/h5-11,14-16H,1-4H2,(H,13,17)(H,18,19,20)(H,21,22,23)/t5?,6-,7?,8?,9?,10-,11+/m1/s1. The number of nitrogens with one attached hydrogen (secondary N) is 1. The minimum absolute atomic E-state index is 0.266. The number of carbonyl (C=O) groups is 1. The number of rotatable bonds is 7. The Hall–Kier alpha value is -0.990. The first-order valence-electron chi connectivity index (χ1n) is 8.12. The lowest BCUT2D eigenvalue weighted by Gasteiger charge is -2.39. The Labute approximate surface area is 165 Å². The topological polar surface area (TPSA) is 235 Å². The number of ether oxygens (including phenoxy) is 2. The molecule has 2 heterocycles. The fourth-order valence-electron chi connectivity index (χ4n) is 2.79. The van der Waals surface area contributed by atoms with Crippen LogP contribution < -0.4 is 5.32 Å². The fraction of sp³-hybridized carbons (Fsp3) is 0.917. The molecule has 1 amide bonds. The minimum atomic E-state index is -5.11. The van der Waals surface area contributed by atoms with Crippen molar-refractivity contribution in [3.8, 4) is 0 Å². The number of hydrogen-bond donors (Lipinski definition) is 6. The van der Waals surface area contributed by atoms with Crippen LogP contribution in [0.25, 0.3) is 0 Å². The van der Waals surface area contributed by atoms with Gasteiger partial charge in [0.05, 0.1) is 32.0 Å². The van der Waals surface area contributed by atoms with Crippen LogP contribution in [0.15, 0.2) is 0 Å². The molecule has 2 aliphatic heterocycles. The van der Waals surface area contributed by atoms with E-state index in [1.807, 2.05) is 0 Å². The van der Waals surface area contributed by atoms with Gasteiger partial charge in [0.25, 0.3) is 0 Å². The SMILES string of the molecule is O=C(NC1COC(COS(=O)(=O)O)[C@@H](O)[C@H]1OS(=O)(=O)O)C1C[C@@H](O)C(O)CO1. The zero-order valence-electron chi connectivity index (χ0n) is 14.6. The maximum Gasteiger partial charge on any atom is 0.397 e. The van der Waals surface area contributed by atoms with Crippen LogP contribution in [0.1, 0.15) is 6.42 Å². The zero-order chi connectivity index (χ0) is 22.0. The molecule has 2 saturated heterocycles. The Morgan fingerprint density at radius 2 is 1.66 bits per heavy atom. The van der Waals surface area contributed by atoms with Crippen LogP contribution in [0.5, 0.6) is 0 Å². The van der Waals surface area contributed by atoms with Gasteiger partial charge in [-0.05, 0) is 0 Å². The smallest absolute Gasteiger partial charge is 0.390 e. The summed E-state index contributed by atoms with van der Waals surface area (Å²) in [4.78, 5) is 12.3. The Morgan fingerprint density at radius 3 is 2.21 bits per heavy atom. The average molecular weight is 467 g/mol. The van der Waals surface area contributed by atoms with E-state index in [4.69, 9.17) is 18.6 Å². The number of hydrogen-bond acceptors (Lipinski definition) is 12. The zero-order valence-corrected chi connectivity index (χ0v) is 16.2. The molecule has 6 N–H and O–H groups in total. The second-order valence-electron chi connectivity index (χ2n) is 6.37. The molecule has 29 heavy (non-hydrogen) atoms. The van der Waals surface area contributed by atoms with Crippen LogP contribution in [0.4, 0.5) is 0 Å². The van der Waals surface area contributed by atoms with Gasteiger partial charge in [-0.25, -0.2) is 8.37 Å². The lowest BCUT2D eigenvalue weighted by molar-refractivity contribution is -0.167. The molecular formula is C12H21NO14S2. The van der Waals surface area contributed by atoms with Crippen LogP contribution >= 0.6 is 0 Å². The molecule has 0 aliphatic carbocycles. The maximum atomic E-state index is 12.3. The second kappa shape index (κ2) is 9.43. The largest absolute Gasteiger partial charge is 0.397 e. The summed E-state index contributed by atoms with van der Waals surface area (Å²) in [5.41, 5.74) is 0. The van der Waals surface area contributed by atoms with Crippen LogP contribution in [-0.2, 0) is 43.4 Å². The van der Waals surface area contributed by atoms with Gasteiger partial charge in [0.1, 0.15) is 30.5 Å². The molecule has 15 nitrogen and oxygen atoms in total. The molecule has 0 saturated carbocycles. The lowest BCUT2D eigenvalue weighted by atomic mass is 9.97. The van der Waals surface area contributed by atoms with Crippen molar-refractivity contribution in [2.75, 3.05) is 19.8 Å². The summed E-state index contributed by atoms with van der Waals surface area (Å²) in [6.45, 7) is -1.76. The van der Waals surface area contributed by atoms with Gasteiger partial charge in [0.15, 0.2) is 0 Å². The summed E-state index contributed by atoms with van der Waals surface area (Å²) in [6.07, 6.45) is -9.14. The van der Waals surface area contributed by atoms with Gasteiger partial charge in [-0.2, -0.15) is 16.8 Å². The molecule has 2 rings (SSSR count). The third-order valence-electron chi connectivity index (χ3n) is 4.21. The van der Waals surface area contributed by atoms with Gasteiger partial charge in [-0.1, -0.05) is 0 Å². The van der Waals surface area contributed by atoms with Crippen LogP contribution in [0.2, 0.25) is 0 Å².